The first-order valence-electron chi connectivity index (χ1n) is 8.92. The van der Waals surface area contributed by atoms with Crippen LogP contribution in [0.5, 0.6) is 11.5 Å². The average molecular weight is 447 g/mol. The number of hydrazine groups is 1. The first-order valence-corrected chi connectivity index (χ1v) is 11.3. The lowest BCUT2D eigenvalue weighted by atomic mass is 10.2. The van der Waals surface area contributed by atoms with Crippen molar-refractivity contribution in [3.8, 4) is 22.9 Å². The lowest BCUT2D eigenvalue weighted by Crippen LogP contribution is -2.43. The number of ether oxygens (including phenoxy) is 1. The van der Waals surface area contributed by atoms with Gasteiger partial charge in [0.05, 0.1) is 0 Å². The van der Waals surface area contributed by atoms with Crippen LogP contribution >= 0.6 is 23.1 Å². The van der Waals surface area contributed by atoms with Crippen molar-refractivity contribution < 1.29 is 9.84 Å². The Hall–Kier alpha value is -3.09. The van der Waals surface area contributed by atoms with Crippen LogP contribution in [-0.2, 0) is 0 Å². The van der Waals surface area contributed by atoms with Crippen LogP contribution in [-0.4, -0.2) is 48.5 Å². The molecule has 1 atom stereocenters. The van der Waals surface area contributed by atoms with Gasteiger partial charge in [-0.25, -0.2) is 10.5 Å². The number of nitrogens with one attached hydrogen (secondary N) is 2. The molecule has 0 spiro atoms. The Morgan fingerprint density at radius 3 is 2.50 bits per heavy atom. The molecule has 1 aliphatic heterocycles. The molecule has 0 aliphatic carbocycles. The number of aromatic hydroxyl groups is 1. The van der Waals surface area contributed by atoms with Gasteiger partial charge in [-0.15, -0.1) is 23.1 Å². The molecule has 1 aliphatic rings. The van der Waals surface area contributed by atoms with E-state index in [1.54, 1.807) is 41.0 Å². The lowest BCUT2D eigenvalue weighted by molar-refractivity contribution is 0.393. The van der Waals surface area contributed by atoms with E-state index in [0.29, 0.717) is 22.4 Å². The van der Waals surface area contributed by atoms with Crippen molar-refractivity contribution in [2.75, 3.05) is 18.0 Å². The minimum absolute atomic E-state index is 0.0708. The lowest BCUT2D eigenvalue weighted by Gasteiger charge is -2.19. The van der Waals surface area contributed by atoms with E-state index in [0.717, 1.165) is 28.2 Å². The van der Waals surface area contributed by atoms with Crippen molar-refractivity contribution in [1.29, 1.82) is 0 Å². The number of nitrogens with zero attached hydrogens (tertiary/aromatic N) is 4. The van der Waals surface area contributed by atoms with Gasteiger partial charge in [0.25, 0.3) is 0 Å². The summed E-state index contributed by atoms with van der Waals surface area (Å²) in [6.45, 7) is 0. The van der Waals surface area contributed by atoms with Gasteiger partial charge in [-0.05, 0) is 54.8 Å². The minimum Gasteiger partial charge on any atom is -0.508 e. The summed E-state index contributed by atoms with van der Waals surface area (Å²) in [5.74, 6) is 14.8. The van der Waals surface area contributed by atoms with Gasteiger partial charge in [0.15, 0.2) is 21.9 Å². The number of benzene rings is 2. The van der Waals surface area contributed by atoms with Crippen molar-refractivity contribution in [3.63, 3.8) is 0 Å². The maximum absolute atomic E-state index is 9.41. The second kappa shape index (κ2) is 8.73. The molecule has 30 heavy (non-hydrogen) atoms. The Morgan fingerprint density at radius 1 is 1.13 bits per heavy atom. The van der Waals surface area contributed by atoms with Gasteiger partial charge in [0.1, 0.15) is 17.4 Å². The van der Waals surface area contributed by atoms with Crippen LogP contribution in [0.25, 0.3) is 11.4 Å². The summed E-state index contributed by atoms with van der Waals surface area (Å²) in [7, 11) is 0. The molecule has 4 rings (SSSR count). The molecule has 0 fully saturated rings. The van der Waals surface area contributed by atoms with Gasteiger partial charge in [-0.1, -0.05) is 0 Å². The molecule has 7 N–H and O–H groups in total. The Morgan fingerprint density at radius 2 is 1.83 bits per heavy atom. The highest BCUT2D eigenvalue weighted by Crippen LogP contribution is 2.21. The van der Waals surface area contributed by atoms with E-state index in [9.17, 15) is 5.11 Å². The molecule has 0 bridgehead atoms. The predicted molar refractivity (Wildman–Crippen MR) is 121 cm³/mol. The van der Waals surface area contributed by atoms with E-state index in [1.165, 1.54) is 4.68 Å². The predicted octanol–water partition coefficient (Wildman–Crippen LogP) is 1.42. The van der Waals surface area contributed by atoms with Crippen LogP contribution in [0.15, 0.2) is 53.6 Å². The normalized spacial score (nSPS) is 16.7. The highest BCUT2D eigenvalue weighted by molar-refractivity contribution is 7.99. The van der Waals surface area contributed by atoms with E-state index in [2.05, 4.69) is 20.7 Å². The fraction of sp³-hybridized carbons (Fsp3) is 0.167. The molecule has 2 aromatic carbocycles. The molecule has 12 heteroatoms. The van der Waals surface area contributed by atoms with Gasteiger partial charge < -0.3 is 15.7 Å². The molecule has 158 valence electrons. The van der Waals surface area contributed by atoms with Crippen molar-refractivity contribution >= 4 is 28.9 Å². The van der Waals surface area contributed by atoms with Crippen LogP contribution < -0.4 is 21.8 Å². The first-order chi connectivity index (χ1) is 14.6. The molecular weight excluding hydrogens is 424 g/mol. The molecular formula is C18H22N8O2S2. The topological polar surface area (TPSA) is 143 Å². The molecule has 0 saturated carbocycles. The second-order valence-corrected chi connectivity index (χ2v) is 8.22. The van der Waals surface area contributed by atoms with E-state index >= 15 is 0 Å². The number of thioether (sulfide) groups is 1. The van der Waals surface area contributed by atoms with E-state index < -0.39 is 0 Å². The number of phenols is 1. The first kappa shape index (κ1) is 20.2. The number of nitrogens with two attached hydrogens (primary N) is 2. The Labute approximate surface area is 180 Å². The van der Waals surface area contributed by atoms with Gasteiger partial charge >= 0.3 is 0 Å². The summed E-state index contributed by atoms with van der Waals surface area (Å²) in [5, 5.41) is 22.5. The van der Waals surface area contributed by atoms with Crippen LogP contribution in [0, 0.1) is 4.77 Å². The van der Waals surface area contributed by atoms with E-state index in [-0.39, 0.29) is 11.2 Å². The van der Waals surface area contributed by atoms with Crippen molar-refractivity contribution in [2.45, 2.75) is 5.50 Å². The number of hydrogen-bond donors (Lipinski definition) is 6. The van der Waals surface area contributed by atoms with Crippen molar-refractivity contribution in [1.82, 2.24) is 25.3 Å². The summed E-state index contributed by atoms with van der Waals surface area (Å²) in [6.07, 6.45) is 1.96. The number of nitrogen functional groups attached to an aromatic ring is 1. The van der Waals surface area contributed by atoms with E-state index in [4.69, 9.17) is 16.4 Å². The highest BCUT2D eigenvalue weighted by Gasteiger charge is 2.24. The van der Waals surface area contributed by atoms with Gasteiger partial charge in [0.2, 0.25) is 0 Å². The molecule has 0 radical (unpaired) electrons. The fourth-order valence-electron chi connectivity index (χ4n) is 2.83. The van der Waals surface area contributed by atoms with Gasteiger partial charge in [-0.3, -0.25) is 15.5 Å². The number of thiol groups is 1. The summed E-state index contributed by atoms with van der Waals surface area (Å²) in [4.78, 5) is 0. The van der Waals surface area contributed by atoms with E-state index in [1.807, 2.05) is 30.5 Å². The zero-order valence-corrected chi connectivity index (χ0v) is 17.8. The molecule has 1 aromatic heterocycles. The van der Waals surface area contributed by atoms with Gasteiger partial charge in [-0.2, -0.15) is 10.2 Å². The number of phenolic OH excluding ortho intramolecular Hbond substituents is 1. The highest BCUT2D eigenvalue weighted by atomic mass is 32.2. The molecule has 10 nitrogen and oxygen atoms in total. The second-order valence-electron chi connectivity index (χ2n) is 6.30. The number of rotatable bonds is 6. The molecule has 0 amide bonds. The van der Waals surface area contributed by atoms with Crippen LogP contribution in [0.3, 0.4) is 0 Å². The van der Waals surface area contributed by atoms with Crippen molar-refractivity contribution in [2.24, 2.45) is 10.9 Å². The third-order valence-electron chi connectivity index (χ3n) is 4.40. The monoisotopic (exact) mass is 446 g/mol. The number of amidine groups is 1. The largest absolute Gasteiger partial charge is 0.508 e. The minimum atomic E-state index is -0.0708. The fourth-order valence-corrected chi connectivity index (χ4v) is 4.02. The van der Waals surface area contributed by atoms with Crippen LogP contribution in [0.1, 0.15) is 5.56 Å². The number of hydrogen-bond acceptors (Lipinski definition) is 9. The number of H-pyrrole nitrogens is 1. The van der Waals surface area contributed by atoms with Gasteiger partial charge in [0, 0.05) is 11.1 Å². The van der Waals surface area contributed by atoms with Crippen LogP contribution in [0.4, 0.5) is 0 Å². The molecule has 1 unspecified atom stereocenters. The Balaban J connectivity index is 1.41. The molecule has 2 heterocycles. The molecule has 0 saturated heterocycles. The third-order valence-corrected chi connectivity index (χ3v) is 6.06. The standard InChI is InChI=1S/C18H22N8O2S2/c1-29-17-23-21-15(25(17)19)12-4-8-14(9-5-12)28-10-30-18-24-22-16(26(18)20)11-2-6-13(27)7-3-11/h2-9,17,23-24,27,30H,10,19-20H2,1H3. The SMILES string of the molecule is CSC1NN=C(c2ccc(OC/[SH]=c3\[nH]nc(-c4ccc(O)cc4)n3N)cc2)N1N. The third kappa shape index (κ3) is 4.10. The summed E-state index contributed by atoms with van der Waals surface area (Å²) >= 11 is 2.40. The average Bonchev–Trinajstić information content (AvgIpc) is 3.32. The number of hydrazone groups is 1. The quantitative estimate of drug-likeness (QED) is 0.190. The van der Waals surface area contributed by atoms with Crippen molar-refractivity contribution in [3.05, 3.63) is 58.9 Å². The molecule has 3 aromatic rings. The zero-order chi connectivity index (χ0) is 21.1. The maximum atomic E-state index is 9.41. The maximum Gasteiger partial charge on any atom is 0.180 e. The Kier molecular flexibility index (Phi) is 5.88. The van der Waals surface area contributed by atoms with Crippen LogP contribution in [0.2, 0.25) is 0 Å². The zero-order valence-electron chi connectivity index (χ0n) is 16.1. The summed E-state index contributed by atoms with van der Waals surface area (Å²) in [5.41, 5.74) is 4.61. The Bertz CT molecular complexity index is 1110. The number of aromatic amines is 1. The number of aromatic nitrogens is 3. The summed E-state index contributed by atoms with van der Waals surface area (Å²) < 4.78 is 7.99. The smallest absolute Gasteiger partial charge is 0.180 e. The summed E-state index contributed by atoms with van der Waals surface area (Å²) in [6, 6.07) is 14.3.